The zero-order valence-corrected chi connectivity index (χ0v) is 18.3. The maximum absolute atomic E-state index is 13.3. The van der Waals surface area contributed by atoms with Crippen LogP contribution in [0, 0.1) is 28.6 Å². The molecule has 3 heterocycles. The van der Waals surface area contributed by atoms with Crippen molar-refractivity contribution in [3.63, 3.8) is 0 Å². The molecular formula is C21H26O10S. The number of hydrogen-bond donors (Lipinski definition) is 1. The summed E-state index contributed by atoms with van der Waals surface area (Å²) >= 11 is 0. The number of carbonyl (C=O) groups excluding carboxylic acids is 3. The lowest BCUT2D eigenvalue weighted by Crippen LogP contribution is -2.54. The van der Waals surface area contributed by atoms with Gasteiger partial charge in [0.2, 0.25) is 0 Å². The first-order chi connectivity index (χ1) is 15.1. The molecular weight excluding hydrogens is 444 g/mol. The van der Waals surface area contributed by atoms with Crippen molar-refractivity contribution in [1.29, 1.82) is 0 Å². The number of rotatable bonds is 6. The van der Waals surface area contributed by atoms with Crippen LogP contribution in [0.25, 0.3) is 0 Å². The molecule has 7 rings (SSSR count). The molecule has 0 amide bonds. The van der Waals surface area contributed by atoms with Gasteiger partial charge in [0.25, 0.3) is 10.1 Å². The lowest BCUT2D eigenvalue weighted by molar-refractivity contribution is -0.184. The third-order valence-electron chi connectivity index (χ3n) is 8.58. The van der Waals surface area contributed by atoms with Crippen LogP contribution in [0.2, 0.25) is 0 Å². The average Bonchev–Trinajstić information content (AvgIpc) is 3.28. The van der Waals surface area contributed by atoms with Gasteiger partial charge in [-0.15, -0.1) is 0 Å². The van der Waals surface area contributed by atoms with Crippen LogP contribution < -0.4 is 0 Å². The third kappa shape index (κ3) is 2.89. The van der Waals surface area contributed by atoms with Crippen LogP contribution in [0.5, 0.6) is 0 Å². The minimum atomic E-state index is -4.31. The highest BCUT2D eigenvalue weighted by Gasteiger charge is 2.77. The Balaban J connectivity index is 1.15. The van der Waals surface area contributed by atoms with Gasteiger partial charge in [0.05, 0.1) is 5.41 Å². The topological polar surface area (TPSA) is 142 Å². The summed E-state index contributed by atoms with van der Waals surface area (Å²) < 4.78 is 52.7. The first-order valence-electron chi connectivity index (χ1n) is 11.3. The van der Waals surface area contributed by atoms with E-state index in [9.17, 15) is 22.8 Å². The van der Waals surface area contributed by atoms with Gasteiger partial charge in [0.15, 0.2) is 17.6 Å². The molecule has 7 fully saturated rings. The number of fused-ring (bicyclic) bond motifs is 1. The zero-order valence-electron chi connectivity index (χ0n) is 17.4. The maximum Gasteiger partial charge on any atom is 0.326 e. The molecule has 3 saturated heterocycles. The highest BCUT2D eigenvalue weighted by molar-refractivity contribution is 7.85. The normalized spacial score (nSPS) is 47.5. The van der Waals surface area contributed by atoms with Crippen LogP contribution in [0.1, 0.15) is 44.9 Å². The molecule has 3 aliphatic heterocycles. The summed E-state index contributed by atoms with van der Waals surface area (Å²) in [5, 5.41) is 0. The van der Waals surface area contributed by atoms with E-state index in [2.05, 4.69) is 0 Å². The Kier molecular flexibility index (Phi) is 4.34. The number of ether oxygens (including phenoxy) is 4. The van der Waals surface area contributed by atoms with Gasteiger partial charge in [-0.1, -0.05) is 0 Å². The predicted octanol–water partition coefficient (Wildman–Crippen LogP) is 0.629. The first-order valence-corrected chi connectivity index (χ1v) is 12.9. The smallest absolute Gasteiger partial charge is 0.326 e. The summed E-state index contributed by atoms with van der Waals surface area (Å²) in [4.78, 5) is 38.7. The third-order valence-corrected chi connectivity index (χ3v) is 9.26. The van der Waals surface area contributed by atoms with Gasteiger partial charge in [-0.3, -0.25) is 18.9 Å². The molecule has 0 aromatic rings. The fourth-order valence-corrected chi connectivity index (χ4v) is 7.98. The molecule has 32 heavy (non-hydrogen) atoms. The van der Waals surface area contributed by atoms with E-state index in [0.29, 0.717) is 17.8 Å². The Morgan fingerprint density at radius 2 is 1.66 bits per heavy atom. The Hall–Kier alpha value is -1.72. The first kappa shape index (κ1) is 20.9. The molecule has 7 aliphatic rings. The largest absolute Gasteiger partial charge is 0.464 e. The molecule has 10 nitrogen and oxygen atoms in total. The Labute approximate surface area is 185 Å². The average molecular weight is 470 g/mol. The monoisotopic (exact) mass is 470 g/mol. The second kappa shape index (κ2) is 6.66. The van der Waals surface area contributed by atoms with Gasteiger partial charge in [-0.05, 0) is 56.3 Å². The van der Waals surface area contributed by atoms with Crippen LogP contribution in [-0.4, -0.2) is 67.7 Å². The second-order valence-corrected chi connectivity index (χ2v) is 12.2. The summed E-state index contributed by atoms with van der Waals surface area (Å²) in [7, 11) is -4.31. The van der Waals surface area contributed by atoms with Crippen LogP contribution in [-0.2, 0) is 43.4 Å². The van der Waals surface area contributed by atoms with Gasteiger partial charge in [0, 0.05) is 6.42 Å². The lowest BCUT2D eigenvalue weighted by atomic mass is 9.49. The Morgan fingerprint density at radius 1 is 1.03 bits per heavy atom. The van der Waals surface area contributed by atoms with E-state index in [1.54, 1.807) is 0 Å². The van der Waals surface area contributed by atoms with E-state index in [-0.39, 0.29) is 12.4 Å². The van der Waals surface area contributed by atoms with E-state index < -0.39 is 69.7 Å². The maximum atomic E-state index is 13.3. The van der Waals surface area contributed by atoms with Crippen molar-refractivity contribution >= 4 is 28.0 Å². The van der Waals surface area contributed by atoms with Gasteiger partial charge >= 0.3 is 17.9 Å². The van der Waals surface area contributed by atoms with Crippen molar-refractivity contribution in [3.8, 4) is 0 Å². The summed E-state index contributed by atoms with van der Waals surface area (Å²) in [6.45, 7) is -0.584. The number of carbonyl (C=O) groups is 3. The van der Waals surface area contributed by atoms with Crippen molar-refractivity contribution in [2.75, 3.05) is 12.4 Å². The quantitative estimate of drug-likeness (QED) is 0.254. The zero-order chi connectivity index (χ0) is 22.5. The minimum absolute atomic E-state index is 0.0451. The molecule has 0 spiro atoms. The van der Waals surface area contributed by atoms with Crippen LogP contribution in [0.4, 0.5) is 0 Å². The SMILES string of the molecule is O=C(OC1C2CC3(C(=O)OCCS(=O)(=O)O)C(=O)OC1C3O2)C12CC3CC(CC(C3)C1)C2. The highest BCUT2D eigenvalue weighted by Crippen LogP contribution is 2.61. The van der Waals surface area contributed by atoms with Crippen molar-refractivity contribution in [2.45, 2.75) is 69.4 Å². The highest BCUT2D eigenvalue weighted by atomic mass is 32.2. The molecule has 1 N–H and O–H groups in total. The molecule has 6 bridgehead atoms. The lowest BCUT2D eigenvalue weighted by Gasteiger charge is -2.55. The van der Waals surface area contributed by atoms with Crippen LogP contribution >= 0.6 is 0 Å². The standard InChI is InChI=1S/C21H26O10S/c22-17(20-6-10-3-11(7-20)5-12(4-10)8-20)30-14-13-9-21(16(29-13)15(14)31-19(21)24)18(23)28-1-2-32(25,26)27/h10-16H,1-9H2,(H,25,26,27). The van der Waals surface area contributed by atoms with E-state index >= 15 is 0 Å². The molecule has 5 unspecified atom stereocenters. The second-order valence-electron chi connectivity index (χ2n) is 10.6. The van der Waals surface area contributed by atoms with Crippen molar-refractivity contribution in [1.82, 2.24) is 0 Å². The van der Waals surface area contributed by atoms with Crippen molar-refractivity contribution in [3.05, 3.63) is 0 Å². The summed E-state index contributed by atoms with van der Waals surface area (Å²) in [5.74, 6) is -0.999. The summed E-state index contributed by atoms with van der Waals surface area (Å²) in [6.07, 6.45) is 2.88. The number of hydrogen-bond acceptors (Lipinski definition) is 9. The van der Waals surface area contributed by atoms with Gasteiger partial charge in [-0.25, -0.2) is 0 Å². The van der Waals surface area contributed by atoms with E-state index in [0.717, 1.165) is 19.3 Å². The van der Waals surface area contributed by atoms with Crippen molar-refractivity contribution < 1.29 is 46.3 Å². The fraction of sp³-hybridized carbons (Fsp3) is 0.857. The molecule has 0 aromatic heterocycles. The molecule has 5 atom stereocenters. The van der Waals surface area contributed by atoms with Crippen LogP contribution in [0.15, 0.2) is 0 Å². The number of esters is 3. The summed E-state index contributed by atoms with van der Waals surface area (Å²) in [5.41, 5.74) is -2.14. The van der Waals surface area contributed by atoms with Gasteiger partial charge in [-0.2, -0.15) is 8.42 Å². The predicted molar refractivity (Wildman–Crippen MR) is 103 cm³/mol. The molecule has 0 radical (unpaired) electrons. The summed E-state index contributed by atoms with van der Waals surface area (Å²) in [6, 6.07) is 0. The Morgan fingerprint density at radius 3 is 2.25 bits per heavy atom. The molecule has 11 heteroatoms. The minimum Gasteiger partial charge on any atom is -0.464 e. The molecule has 4 saturated carbocycles. The molecule has 176 valence electrons. The molecule has 4 aliphatic carbocycles. The van der Waals surface area contributed by atoms with E-state index in [1.165, 1.54) is 19.3 Å². The van der Waals surface area contributed by atoms with Crippen LogP contribution in [0.3, 0.4) is 0 Å². The van der Waals surface area contributed by atoms with Gasteiger partial charge in [0.1, 0.15) is 24.6 Å². The fourth-order valence-electron chi connectivity index (χ4n) is 7.68. The van der Waals surface area contributed by atoms with E-state index in [1.807, 2.05) is 0 Å². The van der Waals surface area contributed by atoms with Crippen molar-refractivity contribution in [2.24, 2.45) is 28.6 Å². The Bertz CT molecular complexity index is 953. The van der Waals surface area contributed by atoms with E-state index in [4.69, 9.17) is 23.5 Å². The molecule has 0 aromatic carbocycles. The van der Waals surface area contributed by atoms with Gasteiger partial charge < -0.3 is 18.9 Å².